The minimum atomic E-state index is -4.27. The molecule has 0 aliphatic carbocycles. The minimum Gasteiger partial charge on any atom is -0.381 e. The Kier molecular flexibility index (Phi) is 6.02. The van der Waals surface area contributed by atoms with E-state index in [0.717, 1.165) is 63.4 Å². The number of alkyl halides is 3. The summed E-state index contributed by atoms with van der Waals surface area (Å²) in [6.45, 7) is 5.31. The summed E-state index contributed by atoms with van der Waals surface area (Å²) in [5.41, 5.74) is 0.421. The number of benzene rings is 1. The molecule has 3 rings (SSSR count). The Labute approximate surface area is 147 Å². The molecule has 0 bridgehead atoms. The van der Waals surface area contributed by atoms with Crippen molar-refractivity contribution in [3.63, 3.8) is 0 Å². The first-order chi connectivity index (χ1) is 12.0. The molecule has 2 aliphatic rings. The second-order valence-corrected chi connectivity index (χ2v) is 7.18. The molecule has 0 unspecified atom stereocenters. The van der Waals surface area contributed by atoms with Gasteiger partial charge in [-0.3, -0.25) is 4.90 Å². The zero-order valence-electron chi connectivity index (χ0n) is 14.6. The van der Waals surface area contributed by atoms with Crippen LogP contribution in [0.2, 0.25) is 0 Å². The van der Waals surface area contributed by atoms with E-state index in [1.807, 2.05) is 0 Å². The van der Waals surface area contributed by atoms with Gasteiger partial charge in [0.1, 0.15) is 0 Å². The van der Waals surface area contributed by atoms with Gasteiger partial charge in [0.25, 0.3) is 0 Å². The van der Waals surface area contributed by atoms with Crippen LogP contribution in [0.15, 0.2) is 24.3 Å². The Morgan fingerprint density at radius 3 is 2.24 bits per heavy atom. The van der Waals surface area contributed by atoms with E-state index in [2.05, 4.69) is 10.2 Å². The first-order valence-corrected chi connectivity index (χ1v) is 9.19. The topological polar surface area (TPSA) is 24.5 Å². The average Bonchev–Trinajstić information content (AvgIpc) is 2.63. The molecule has 3 nitrogen and oxygen atoms in total. The van der Waals surface area contributed by atoms with E-state index in [0.29, 0.717) is 6.54 Å². The highest BCUT2D eigenvalue weighted by atomic mass is 19.4. The SMILES string of the molecule is FC(F)(F)c1ccc(CNCC2(N3CCCCC3)CCOCC2)cc1. The smallest absolute Gasteiger partial charge is 0.381 e. The lowest BCUT2D eigenvalue weighted by Gasteiger charge is -2.48. The van der Waals surface area contributed by atoms with Gasteiger partial charge in [0.2, 0.25) is 0 Å². The lowest BCUT2D eigenvalue weighted by molar-refractivity contribution is -0.137. The Hall–Kier alpha value is -1.11. The van der Waals surface area contributed by atoms with E-state index in [-0.39, 0.29) is 5.54 Å². The predicted molar refractivity (Wildman–Crippen MR) is 91.4 cm³/mol. The Bertz CT molecular complexity index is 533. The first kappa shape index (κ1) is 18.7. The highest BCUT2D eigenvalue weighted by Gasteiger charge is 2.38. The third-order valence-corrected chi connectivity index (χ3v) is 5.51. The van der Waals surface area contributed by atoms with Crippen molar-refractivity contribution in [3.05, 3.63) is 35.4 Å². The van der Waals surface area contributed by atoms with Crippen molar-refractivity contribution in [1.29, 1.82) is 0 Å². The quantitative estimate of drug-likeness (QED) is 0.868. The molecule has 0 aromatic heterocycles. The van der Waals surface area contributed by atoms with E-state index in [1.54, 1.807) is 12.1 Å². The maximum Gasteiger partial charge on any atom is 0.416 e. The van der Waals surface area contributed by atoms with E-state index in [9.17, 15) is 13.2 Å². The molecule has 1 N–H and O–H groups in total. The van der Waals surface area contributed by atoms with Crippen LogP contribution in [-0.2, 0) is 17.5 Å². The average molecular weight is 356 g/mol. The molecule has 2 saturated heterocycles. The number of nitrogens with zero attached hydrogens (tertiary/aromatic N) is 1. The second-order valence-electron chi connectivity index (χ2n) is 7.18. The van der Waals surface area contributed by atoms with Crippen LogP contribution in [0, 0.1) is 0 Å². The molecule has 0 atom stereocenters. The molecule has 0 saturated carbocycles. The second kappa shape index (κ2) is 8.06. The Balaban J connectivity index is 1.58. The van der Waals surface area contributed by atoms with Gasteiger partial charge in [-0.25, -0.2) is 0 Å². The molecule has 6 heteroatoms. The number of rotatable bonds is 5. The summed E-state index contributed by atoms with van der Waals surface area (Å²) in [5, 5.41) is 3.49. The fourth-order valence-electron chi connectivity index (χ4n) is 3.98. The van der Waals surface area contributed by atoms with Gasteiger partial charge in [-0.15, -0.1) is 0 Å². The van der Waals surface area contributed by atoms with Gasteiger partial charge in [-0.1, -0.05) is 18.6 Å². The van der Waals surface area contributed by atoms with Crippen molar-refractivity contribution in [1.82, 2.24) is 10.2 Å². The van der Waals surface area contributed by atoms with Gasteiger partial charge in [-0.05, 0) is 56.5 Å². The fourth-order valence-corrected chi connectivity index (χ4v) is 3.98. The third-order valence-electron chi connectivity index (χ3n) is 5.51. The lowest BCUT2D eigenvalue weighted by atomic mass is 9.86. The van der Waals surface area contributed by atoms with E-state index in [4.69, 9.17) is 4.74 Å². The Morgan fingerprint density at radius 2 is 1.64 bits per heavy atom. The van der Waals surface area contributed by atoms with Gasteiger partial charge in [0.15, 0.2) is 0 Å². The van der Waals surface area contributed by atoms with Crippen LogP contribution < -0.4 is 5.32 Å². The van der Waals surface area contributed by atoms with Gasteiger partial charge in [-0.2, -0.15) is 13.2 Å². The maximum absolute atomic E-state index is 12.6. The summed E-state index contributed by atoms with van der Waals surface area (Å²) in [4.78, 5) is 2.61. The largest absolute Gasteiger partial charge is 0.416 e. The molecule has 140 valence electrons. The van der Waals surface area contributed by atoms with E-state index < -0.39 is 11.7 Å². The van der Waals surface area contributed by atoms with Crippen molar-refractivity contribution >= 4 is 0 Å². The minimum absolute atomic E-state index is 0.130. The number of likely N-dealkylation sites (tertiary alicyclic amines) is 1. The van der Waals surface area contributed by atoms with Crippen LogP contribution in [0.5, 0.6) is 0 Å². The van der Waals surface area contributed by atoms with Crippen LogP contribution in [0.25, 0.3) is 0 Å². The van der Waals surface area contributed by atoms with Crippen LogP contribution >= 0.6 is 0 Å². The monoisotopic (exact) mass is 356 g/mol. The van der Waals surface area contributed by atoms with Crippen molar-refractivity contribution < 1.29 is 17.9 Å². The van der Waals surface area contributed by atoms with Crippen LogP contribution in [0.4, 0.5) is 13.2 Å². The molecule has 1 aromatic carbocycles. The maximum atomic E-state index is 12.6. The van der Waals surface area contributed by atoms with E-state index in [1.165, 1.54) is 19.3 Å². The number of ether oxygens (including phenoxy) is 1. The fraction of sp³-hybridized carbons (Fsp3) is 0.684. The molecular weight excluding hydrogens is 329 g/mol. The number of hydrogen-bond donors (Lipinski definition) is 1. The van der Waals surface area contributed by atoms with Crippen molar-refractivity contribution in [3.8, 4) is 0 Å². The lowest BCUT2D eigenvalue weighted by Crippen LogP contribution is -2.59. The van der Waals surface area contributed by atoms with Gasteiger partial charge in [0.05, 0.1) is 5.56 Å². The molecule has 2 heterocycles. The van der Waals surface area contributed by atoms with Crippen LogP contribution in [0.3, 0.4) is 0 Å². The summed E-state index contributed by atoms with van der Waals surface area (Å²) in [6, 6.07) is 5.44. The Morgan fingerprint density at radius 1 is 1.00 bits per heavy atom. The third kappa shape index (κ3) is 4.74. The molecule has 25 heavy (non-hydrogen) atoms. The molecule has 1 aromatic rings. The number of piperidine rings is 1. The van der Waals surface area contributed by atoms with Crippen molar-refractivity contribution in [2.75, 3.05) is 32.8 Å². The van der Waals surface area contributed by atoms with Crippen LogP contribution in [0.1, 0.15) is 43.2 Å². The molecule has 0 amide bonds. The zero-order valence-corrected chi connectivity index (χ0v) is 14.6. The number of hydrogen-bond acceptors (Lipinski definition) is 3. The normalized spacial score (nSPS) is 22.0. The summed E-state index contributed by atoms with van der Waals surface area (Å²) in [5.74, 6) is 0. The molecule has 2 fully saturated rings. The molecular formula is C19H27F3N2O. The highest BCUT2D eigenvalue weighted by molar-refractivity contribution is 5.24. The number of nitrogens with one attached hydrogen (secondary N) is 1. The predicted octanol–water partition coefficient (Wildman–Crippen LogP) is 3.83. The van der Waals surface area contributed by atoms with Crippen molar-refractivity contribution in [2.45, 2.75) is 50.4 Å². The summed E-state index contributed by atoms with van der Waals surface area (Å²) in [7, 11) is 0. The van der Waals surface area contributed by atoms with Gasteiger partial charge in [0, 0.05) is 31.8 Å². The van der Waals surface area contributed by atoms with E-state index >= 15 is 0 Å². The summed E-state index contributed by atoms with van der Waals surface area (Å²) in [6.07, 6.45) is 1.58. The molecule has 0 spiro atoms. The molecule has 2 aliphatic heterocycles. The van der Waals surface area contributed by atoms with Gasteiger partial charge >= 0.3 is 6.18 Å². The first-order valence-electron chi connectivity index (χ1n) is 9.19. The summed E-state index contributed by atoms with van der Waals surface area (Å²) >= 11 is 0. The standard InChI is InChI=1S/C19H27F3N2O/c20-19(21,22)17-6-4-16(5-7-17)14-23-15-18(8-12-25-13-9-18)24-10-2-1-3-11-24/h4-7,23H,1-3,8-15H2. The zero-order chi connectivity index (χ0) is 17.8. The van der Waals surface area contributed by atoms with Gasteiger partial charge < -0.3 is 10.1 Å². The molecule has 0 radical (unpaired) electrons. The summed E-state index contributed by atoms with van der Waals surface area (Å²) < 4.78 is 43.5. The van der Waals surface area contributed by atoms with Crippen molar-refractivity contribution in [2.24, 2.45) is 0 Å². The van der Waals surface area contributed by atoms with Crippen LogP contribution in [-0.4, -0.2) is 43.3 Å². The number of halogens is 3. The highest BCUT2D eigenvalue weighted by Crippen LogP contribution is 2.31.